The summed E-state index contributed by atoms with van der Waals surface area (Å²) in [6, 6.07) is 9.64. The van der Waals surface area contributed by atoms with E-state index in [1.165, 1.54) is 4.88 Å². The van der Waals surface area contributed by atoms with E-state index in [-0.39, 0.29) is 24.5 Å². The molecule has 156 valence electrons. The van der Waals surface area contributed by atoms with Crippen molar-refractivity contribution in [2.75, 3.05) is 32.8 Å². The van der Waals surface area contributed by atoms with E-state index in [2.05, 4.69) is 16.8 Å². The van der Waals surface area contributed by atoms with Gasteiger partial charge in [-0.05, 0) is 55.8 Å². The Morgan fingerprint density at radius 1 is 1.28 bits per heavy atom. The lowest BCUT2D eigenvalue weighted by molar-refractivity contribution is -0.135. The molecule has 0 fully saturated rings. The summed E-state index contributed by atoms with van der Waals surface area (Å²) in [4.78, 5) is 30.1. The minimum atomic E-state index is -0.204. The van der Waals surface area contributed by atoms with Gasteiger partial charge in [-0.15, -0.1) is 11.3 Å². The monoisotopic (exact) mass is 415 g/mol. The Labute approximate surface area is 176 Å². The van der Waals surface area contributed by atoms with Crippen LogP contribution in [-0.2, 0) is 11.2 Å². The first-order chi connectivity index (χ1) is 14.0. The number of hydrogen-bond donors (Lipinski definition) is 1. The summed E-state index contributed by atoms with van der Waals surface area (Å²) in [6.45, 7) is 7.90. The summed E-state index contributed by atoms with van der Waals surface area (Å²) in [5, 5.41) is 4.85. The predicted molar refractivity (Wildman–Crippen MR) is 115 cm³/mol. The molecule has 1 atom stereocenters. The van der Waals surface area contributed by atoms with E-state index < -0.39 is 0 Å². The number of ether oxygens (including phenoxy) is 1. The van der Waals surface area contributed by atoms with Crippen LogP contribution in [0.5, 0.6) is 5.75 Å². The maximum absolute atomic E-state index is 13.1. The fourth-order valence-electron chi connectivity index (χ4n) is 3.61. The van der Waals surface area contributed by atoms with Gasteiger partial charge < -0.3 is 19.9 Å². The van der Waals surface area contributed by atoms with Crippen molar-refractivity contribution >= 4 is 23.3 Å². The van der Waals surface area contributed by atoms with Crippen LogP contribution in [0.15, 0.2) is 35.7 Å². The third-order valence-corrected chi connectivity index (χ3v) is 6.23. The fraction of sp³-hybridized carbons (Fsp3) is 0.455. The van der Waals surface area contributed by atoms with Crippen LogP contribution in [0.1, 0.15) is 35.9 Å². The minimum absolute atomic E-state index is 0.0478. The van der Waals surface area contributed by atoms with Gasteiger partial charge in [0.25, 0.3) is 0 Å². The number of urea groups is 1. The number of rotatable bonds is 7. The van der Waals surface area contributed by atoms with Crippen molar-refractivity contribution < 1.29 is 14.3 Å². The number of para-hydroxylation sites is 1. The van der Waals surface area contributed by atoms with Crippen LogP contribution in [0.4, 0.5) is 4.79 Å². The third kappa shape index (κ3) is 4.90. The second kappa shape index (κ2) is 9.78. The quantitative estimate of drug-likeness (QED) is 0.751. The zero-order valence-electron chi connectivity index (χ0n) is 17.3. The third-order valence-electron chi connectivity index (χ3n) is 5.23. The van der Waals surface area contributed by atoms with Gasteiger partial charge in [0, 0.05) is 24.5 Å². The van der Waals surface area contributed by atoms with Gasteiger partial charge in [0.05, 0.1) is 6.04 Å². The van der Waals surface area contributed by atoms with Gasteiger partial charge >= 0.3 is 6.03 Å². The molecule has 0 spiro atoms. The normalized spacial score (nSPS) is 15.6. The highest BCUT2D eigenvalue weighted by Gasteiger charge is 2.33. The van der Waals surface area contributed by atoms with E-state index in [1.807, 2.05) is 49.9 Å². The zero-order valence-corrected chi connectivity index (χ0v) is 18.1. The van der Waals surface area contributed by atoms with Crippen molar-refractivity contribution in [2.45, 2.75) is 33.2 Å². The molecule has 2 aromatic rings. The van der Waals surface area contributed by atoms with Crippen LogP contribution in [0.3, 0.4) is 0 Å². The Balaban J connectivity index is 1.76. The molecule has 1 aromatic carbocycles. The molecule has 3 amide bonds. The molecular weight excluding hydrogens is 386 g/mol. The first kappa shape index (κ1) is 21.2. The SMILES string of the molecule is CCNC(=O)N(CC)CC(=O)N1CCc2sccc2[C@@H]1COc1ccccc1C. The Hall–Kier alpha value is -2.54. The Kier molecular flexibility index (Phi) is 7.14. The summed E-state index contributed by atoms with van der Waals surface area (Å²) < 4.78 is 6.12. The Morgan fingerprint density at radius 2 is 2.07 bits per heavy atom. The molecule has 0 unspecified atom stereocenters. The number of amides is 3. The fourth-order valence-corrected chi connectivity index (χ4v) is 4.53. The molecule has 29 heavy (non-hydrogen) atoms. The van der Waals surface area contributed by atoms with Gasteiger partial charge in [-0.3, -0.25) is 4.79 Å². The molecular formula is C22H29N3O3S. The maximum atomic E-state index is 13.1. The number of carbonyl (C=O) groups excluding carboxylic acids is 2. The molecule has 1 aliphatic heterocycles. The van der Waals surface area contributed by atoms with Crippen LogP contribution in [0.25, 0.3) is 0 Å². The van der Waals surface area contributed by atoms with E-state index in [0.717, 1.165) is 23.3 Å². The molecule has 0 aliphatic carbocycles. The summed E-state index contributed by atoms with van der Waals surface area (Å²) in [5.74, 6) is 0.785. The highest BCUT2D eigenvalue weighted by atomic mass is 32.1. The molecule has 2 heterocycles. The van der Waals surface area contributed by atoms with Gasteiger partial charge in [0.15, 0.2) is 0 Å². The number of nitrogens with zero attached hydrogens (tertiary/aromatic N) is 2. The standard InChI is InChI=1S/C22H29N3O3S/c1-4-23-22(27)24(5-2)14-21(26)25-12-10-20-17(11-13-29-20)18(25)15-28-19-9-7-6-8-16(19)3/h6-9,11,13,18H,4-5,10,12,14-15H2,1-3H3,(H,23,27)/t18-/m0/s1. The van der Waals surface area contributed by atoms with Crippen molar-refractivity contribution in [3.63, 3.8) is 0 Å². The van der Waals surface area contributed by atoms with Crippen LogP contribution in [0.2, 0.25) is 0 Å². The average Bonchev–Trinajstić information content (AvgIpc) is 3.20. The Bertz CT molecular complexity index is 851. The molecule has 3 rings (SSSR count). The van der Waals surface area contributed by atoms with Gasteiger partial charge in [-0.2, -0.15) is 0 Å². The first-order valence-corrected chi connectivity index (χ1v) is 11.0. The van der Waals surface area contributed by atoms with Gasteiger partial charge in [-0.25, -0.2) is 4.79 Å². The molecule has 7 heteroatoms. The van der Waals surface area contributed by atoms with E-state index in [1.54, 1.807) is 16.2 Å². The highest BCUT2D eigenvalue weighted by Crippen LogP contribution is 2.34. The number of benzene rings is 1. The summed E-state index contributed by atoms with van der Waals surface area (Å²) in [7, 11) is 0. The van der Waals surface area contributed by atoms with E-state index in [0.29, 0.717) is 26.2 Å². The molecule has 1 aliphatic rings. The molecule has 0 saturated heterocycles. The summed E-state index contributed by atoms with van der Waals surface area (Å²) >= 11 is 1.73. The van der Waals surface area contributed by atoms with E-state index in [9.17, 15) is 9.59 Å². The van der Waals surface area contributed by atoms with Gasteiger partial charge in [0.2, 0.25) is 5.91 Å². The zero-order chi connectivity index (χ0) is 20.8. The number of aryl methyl sites for hydroxylation is 1. The van der Waals surface area contributed by atoms with Gasteiger partial charge in [-0.1, -0.05) is 18.2 Å². The molecule has 0 saturated carbocycles. The van der Waals surface area contributed by atoms with E-state index in [4.69, 9.17) is 4.74 Å². The number of fused-ring (bicyclic) bond motifs is 1. The van der Waals surface area contributed by atoms with Crippen LogP contribution in [-0.4, -0.2) is 54.5 Å². The lowest BCUT2D eigenvalue weighted by atomic mass is 10.0. The highest BCUT2D eigenvalue weighted by molar-refractivity contribution is 7.10. The Morgan fingerprint density at radius 3 is 2.79 bits per heavy atom. The lowest BCUT2D eigenvalue weighted by Gasteiger charge is -2.37. The van der Waals surface area contributed by atoms with Crippen molar-refractivity contribution in [2.24, 2.45) is 0 Å². The second-order valence-electron chi connectivity index (χ2n) is 7.08. The number of carbonyl (C=O) groups is 2. The maximum Gasteiger partial charge on any atom is 0.317 e. The summed E-state index contributed by atoms with van der Waals surface area (Å²) in [5.41, 5.74) is 2.23. The molecule has 0 radical (unpaired) electrons. The van der Waals surface area contributed by atoms with Crippen LogP contribution in [0, 0.1) is 6.92 Å². The van der Waals surface area contributed by atoms with Crippen LogP contribution >= 0.6 is 11.3 Å². The van der Waals surface area contributed by atoms with Crippen molar-refractivity contribution in [3.05, 3.63) is 51.7 Å². The smallest absolute Gasteiger partial charge is 0.317 e. The average molecular weight is 416 g/mol. The minimum Gasteiger partial charge on any atom is -0.491 e. The number of likely N-dealkylation sites (N-methyl/N-ethyl adjacent to an activating group) is 1. The van der Waals surface area contributed by atoms with Crippen molar-refractivity contribution in [3.8, 4) is 5.75 Å². The lowest BCUT2D eigenvalue weighted by Crippen LogP contribution is -2.49. The van der Waals surface area contributed by atoms with Crippen LogP contribution < -0.4 is 10.1 Å². The largest absolute Gasteiger partial charge is 0.491 e. The summed E-state index contributed by atoms with van der Waals surface area (Å²) in [6.07, 6.45) is 0.840. The molecule has 1 N–H and O–H groups in total. The van der Waals surface area contributed by atoms with Gasteiger partial charge in [0.1, 0.15) is 18.9 Å². The van der Waals surface area contributed by atoms with Crippen molar-refractivity contribution in [1.82, 2.24) is 15.1 Å². The predicted octanol–water partition coefficient (Wildman–Crippen LogP) is 3.61. The molecule has 1 aromatic heterocycles. The first-order valence-electron chi connectivity index (χ1n) is 10.1. The number of thiophene rings is 1. The van der Waals surface area contributed by atoms with E-state index >= 15 is 0 Å². The molecule has 0 bridgehead atoms. The molecule has 6 nitrogen and oxygen atoms in total. The van der Waals surface area contributed by atoms with Crippen molar-refractivity contribution in [1.29, 1.82) is 0 Å². The second-order valence-corrected chi connectivity index (χ2v) is 8.08. The number of hydrogen-bond acceptors (Lipinski definition) is 4. The number of nitrogens with one attached hydrogen (secondary N) is 1. The topological polar surface area (TPSA) is 61.9 Å².